The highest BCUT2D eigenvalue weighted by Gasteiger charge is 2.35. The fourth-order valence-corrected chi connectivity index (χ4v) is 6.13. The van der Waals surface area contributed by atoms with Crippen LogP contribution in [0, 0.1) is 6.92 Å². The van der Waals surface area contributed by atoms with E-state index in [0.29, 0.717) is 60.2 Å². The summed E-state index contributed by atoms with van der Waals surface area (Å²) >= 11 is 0. The topological polar surface area (TPSA) is 123 Å². The lowest BCUT2D eigenvalue weighted by Crippen LogP contribution is -2.40. The molecule has 11 nitrogen and oxygen atoms in total. The van der Waals surface area contributed by atoms with Gasteiger partial charge in [0.05, 0.1) is 36.1 Å². The summed E-state index contributed by atoms with van der Waals surface area (Å²) < 4.78 is 75.6. The second-order valence-electron chi connectivity index (χ2n) is 11.3. The van der Waals surface area contributed by atoms with E-state index in [1.165, 1.54) is 0 Å². The molecule has 2 aliphatic rings. The number of nitrogens with zero attached hydrogens (tertiary/aromatic N) is 6. The van der Waals surface area contributed by atoms with Crippen LogP contribution in [-0.4, -0.2) is 84.8 Å². The third-order valence-electron chi connectivity index (χ3n) is 7.68. The number of hydrogen-bond acceptors (Lipinski definition) is 9. The van der Waals surface area contributed by atoms with Gasteiger partial charge >= 0.3 is 5.97 Å². The van der Waals surface area contributed by atoms with Crippen LogP contribution in [0.3, 0.4) is 0 Å². The SMILES string of the molecule is COC(=O)CS(=O)(=O)Nc1ccc(-n2cc(-c3cc(C)nc(N4CCC(F)(F)CC4)n3)cn2)c(N2CCC(C)(F)CC2)c1. The van der Waals surface area contributed by atoms with Gasteiger partial charge in [-0.3, -0.25) is 9.52 Å². The summed E-state index contributed by atoms with van der Waals surface area (Å²) in [4.78, 5) is 24.4. The number of carbonyl (C=O) groups excluding carboxylic acids is 1. The number of alkyl halides is 3. The van der Waals surface area contributed by atoms with E-state index < -0.39 is 33.3 Å². The van der Waals surface area contributed by atoms with Gasteiger partial charge in [-0.2, -0.15) is 5.10 Å². The zero-order valence-electron chi connectivity index (χ0n) is 24.2. The number of aryl methyl sites for hydroxylation is 1. The van der Waals surface area contributed by atoms with Gasteiger partial charge in [-0.05, 0) is 51.0 Å². The van der Waals surface area contributed by atoms with E-state index in [1.807, 2.05) is 11.8 Å². The molecule has 0 bridgehead atoms. The molecule has 15 heteroatoms. The summed E-state index contributed by atoms with van der Waals surface area (Å²) in [6, 6.07) is 6.66. The lowest BCUT2D eigenvalue weighted by atomic mass is 9.95. The zero-order valence-corrected chi connectivity index (χ0v) is 25.0. The number of piperidine rings is 2. The third-order valence-corrected chi connectivity index (χ3v) is 8.84. The van der Waals surface area contributed by atoms with E-state index >= 15 is 0 Å². The molecule has 0 saturated carbocycles. The van der Waals surface area contributed by atoms with Crippen LogP contribution >= 0.6 is 0 Å². The number of benzene rings is 1. The summed E-state index contributed by atoms with van der Waals surface area (Å²) in [5.41, 5.74) is 2.08. The number of rotatable bonds is 8. The lowest BCUT2D eigenvalue weighted by Gasteiger charge is -2.36. The molecule has 2 fully saturated rings. The number of anilines is 3. The number of nitrogens with one attached hydrogen (secondary N) is 1. The molecule has 5 rings (SSSR count). The zero-order chi connectivity index (χ0) is 31.0. The van der Waals surface area contributed by atoms with Crippen molar-refractivity contribution in [1.29, 1.82) is 0 Å². The molecule has 2 saturated heterocycles. The number of sulfonamides is 1. The Kier molecular flexibility index (Phi) is 8.29. The highest BCUT2D eigenvalue weighted by atomic mass is 32.2. The number of esters is 1. The molecule has 1 aromatic carbocycles. The predicted molar refractivity (Wildman–Crippen MR) is 156 cm³/mol. The predicted octanol–water partition coefficient (Wildman–Crippen LogP) is 4.12. The minimum absolute atomic E-state index is 0.155. The Morgan fingerprint density at radius 1 is 1.00 bits per heavy atom. The quantitative estimate of drug-likeness (QED) is 0.370. The molecule has 0 atom stereocenters. The number of halogens is 3. The molecule has 1 N–H and O–H groups in total. The molecular weight excluding hydrogens is 587 g/mol. The minimum atomic E-state index is -4.03. The summed E-state index contributed by atoms with van der Waals surface area (Å²) in [7, 11) is -2.92. The molecular formula is C28H34F3N7O4S. The van der Waals surface area contributed by atoms with Gasteiger partial charge in [0.2, 0.25) is 16.0 Å². The van der Waals surface area contributed by atoms with Gasteiger partial charge in [-0.15, -0.1) is 0 Å². The normalized spacial score (nSPS) is 18.4. The molecule has 0 aliphatic carbocycles. The monoisotopic (exact) mass is 621 g/mol. The van der Waals surface area contributed by atoms with Crippen molar-refractivity contribution in [2.24, 2.45) is 0 Å². The summed E-state index contributed by atoms with van der Waals surface area (Å²) in [5.74, 6) is -4.04. The van der Waals surface area contributed by atoms with Crippen LogP contribution in [-0.2, 0) is 19.6 Å². The largest absolute Gasteiger partial charge is 0.468 e. The van der Waals surface area contributed by atoms with Crippen LogP contribution < -0.4 is 14.5 Å². The van der Waals surface area contributed by atoms with Crippen LogP contribution in [0.5, 0.6) is 0 Å². The first-order valence-corrected chi connectivity index (χ1v) is 15.6. The number of carbonyl (C=O) groups is 1. The number of hydrogen-bond donors (Lipinski definition) is 1. The standard InChI is InChI=1S/C28H34F3N7O4S/c1-19-14-22(34-26(33-19)37-12-8-28(30,31)9-13-37)20-16-32-38(17-20)23-5-4-21(35-43(40,41)18-25(39)42-3)15-24(23)36-10-6-27(2,29)7-11-36/h4-5,14-17,35H,6-13,18H2,1-3H3. The van der Waals surface area contributed by atoms with Crippen molar-refractivity contribution in [3.05, 3.63) is 42.4 Å². The Morgan fingerprint density at radius 3 is 2.35 bits per heavy atom. The third kappa shape index (κ3) is 7.37. The number of ether oxygens (including phenoxy) is 1. The van der Waals surface area contributed by atoms with Crippen molar-refractivity contribution in [3.63, 3.8) is 0 Å². The van der Waals surface area contributed by atoms with Gasteiger partial charge in [-0.1, -0.05) is 0 Å². The second kappa shape index (κ2) is 11.7. The summed E-state index contributed by atoms with van der Waals surface area (Å²) in [6.45, 7) is 4.48. The van der Waals surface area contributed by atoms with Crippen molar-refractivity contribution in [3.8, 4) is 16.9 Å². The van der Waals surface area contributed by atoms with E-state index in [9.17, 15) is 26.4 Å². The molecule has 0 amide bonds. The maximum atomic E-state index is 14.6. The van der Waals surface area contributed by atoms with Crippen LogP contribution in [0.2, 0.25) is 0 Å². The fourth-order valence-electron chi connectivity index (χ4n) is 5.14. The lowest BCUT2D eigenvalue weighted by molar-refractivity contribution is -0.137. The van der Waals surface area contributed by atoms with Gasteiger partial charge in [0.25, 0.3) is 5.92 Å². The molecule has 232 valence electrons. The van der Waals surface area contributed by atoms with Crippen molar-refractivity contribution in [1.82, 2.24) is 19.7 Å². The van der Waals surface area contributed by atoms with E-state index in [2.05, 4.69) is 24.5 Å². The molecule has 3 aromatic rings. The smallest absolute Gasteiger partial charge is 0.322 e. The van der Waals surface area contributed by atoms with E-state index in [-0.39, 0.29) is 31.6 Å². The van der Waals surface area contributed by atoms with Gasteiger partial charge in [0.15, 0.2) is 5.75 Å². The van der Waals surface area contributed by atoms with E-state index in [0.717, 1.165) is 7.11 Å². The molecule has 4 heterocycles. The Hall–Kier alpha value is -3.88. The fraction of sp³-hybridized carbons (Fsp3) is 0.500. The minimum Gasteiger partial charge on any atom is -0.468 e. The van der Waals surface area contributed by atoms with E-state index in [4.69, 9.17) is 0 Å². The Balaban J connectivity index is 1.46. The molecule has 2 aromatic heterocycles. The molecule has 43 heavy (non-hydrogen) atoms. The molecule has 0 radical (unpaired) electrons. The van der Waals surface area contributed by atoms with E-state index in [1.54, 1.807) is 53.2 Å². The Morgan fingerprint density at radius 2 is 1.67 bits per heavy atom. The van der Waals surface area contributed by atoms with Crippen molar-refractivity contribution in [2.45, 2.75) is 51.1 Å². The van der Waals surface area contributed by atoms with Gasteiger partial charge < -0.3 is 14.5 Å². The van der Waals surface area contributed by atoms with Gasteiger partial charge in [0, 0.05) is 56.5 Å². The van der Waals surface area contributed by atoms with Crippen LogP contribution in [0.4, 0.5) is 30.5 Å². The number of aromatic nitrogens is 4. The van der Waals surface area contributed by atoms with Crippen LogP contribution in [0.15, 0.2) is 36.7 Å². The highest BCUT2D eigenvalue weighted by molar-refractivity contribution is 7.93. The first kappa shape index (κ1) is 30.6. The number of methoxy groups -OCH3 is 1. The Labute approximate surface area is 248 Å². The maximum absolute atomic E-state index is 14.6. The first-order valence-electron chi connectivity index (χ1n) is 13.9. The molecule has 0 spiro atoms. The van der Waals surface area contributed by atoms with Crippen LogP contribution in [0.1, 0.15) is 38.3 Å². The Bertz CT molecular complexity index is 1590. The van der Waals surface area contributed by atoms with Crippen LogP contribution in [0.25, 0.3) is 16.9 Å². The van der Waals surface area contributed by atoms with Gasteiger partial charge in [0.1, 0.15) is 5.67 Å². The average molecular weight is 622 g/mol. The summed E-state index contributed by atoms with van der Waals surface area (Å²) in [5, 5.41) is 4.54. The summed E-state index contributed by atoms with van der Waals surface area (Å²) in [6.07, 6.45) is 3.46. The first-order chi connectivity index (χ1) is 20.2. The van der Waals surface area contributed by atoms with Gasteiger partial charge in [-0.25, -0.2) is 36.2 Å². The molecule has 2 aliphatic heterocycles. The molecule has 0 unspecified atom stereocenters. The second-order valence-corrected chi connectivity index (χ2v) is 13.0. The van der Waals surface area contributed by atoms with Crippen molar-refractivity contribution in [2.75, 3.05) is 53.6 Å². The maximum Gasteiger partial charge on any atom is 0.322 e. The average Bonchev–Trinajstić information content (AvgIpc) is 3.42. The van der Waals surface area contributed by atoms with Crippen molar-refractivity contribution >= 4 is 33.3 Å². The van der Waals surface area contributed by atoms with Crippen molar-refractivity contribution < 1.29 is 31.1 Å². The highest BCUT2D eigenvalue weighted by Crippen LogP contribution is 2.35.